The lowest BCUT2D eigenvalue weighted by molar-refractivity contribution is -0.135. The fourth-order valence-electron chi connectivity index (χ4n) is 3.66. The van der Waals surface area contributed by atoms with E-state index in [1.165, 1.54) is 17.7 Å². The number of carbonyl (C=O) groups is 2. The lowest BCUT2D eigenvalue weighted by atomic mass is 9.87. The van der Waals surface area contributed by atoms with Crippen LogP contribution in [0.25, 0.3) is 0 Å². The number of ether oxygens (including phenoxy) is 1. The molecule has 0 N–H and O–H groups in total. The molecule has 0 spiro atoms. The van der Waals surface area contributed by atoms with Crippen LogP contribution in [0.2, 0.25) is 0 Å². The molecule has 2 aromatic carbocycles. The Bertz CT molecular complexity index is 998. The number of fused-ring (bicyclic) bond motifs is 1. The van der Waals surface area contributed by atoms with Crippen LogP contribution in [0.15, 0.2) is 48.5 Å². The molecule has 154 valence electrons. The maximum Gasteiger partial charge on any atom is 0.338 e. The Hall–Kier alpha value is -2.67. The van der Waals surface area contributed by atoms with E-state index in [1.807, 2.05) is 18.2 Å². The molecule has 0 heterocycles. The van der Waals surface area contributed by atoms with Gasteiger partial charge in [0.05, 0.1) is 17.4 Å². The monoisotopic (exact) mass is 415 g/mol. The first kappa shape index (κ1) is 21.0. The highest BCUT2D eigenvalue weighted by Gasteiger charge is 2.27. The zero-order chi connectivity index (χ0) is 21.0. The third kappa shape index (κ3) is 5.44. The number of hydrogen-bond donors (Lipinski definition) is 0. The highest BCUT2D eigenvalue weighted by Crippen LogP contribution is 2.33. The first-order chi connectivity index (χ1) is 13.7. The predicted octanol–water partition coefficient (Wildman–Crippen LogP) is 2.92. The van der Waals surface area contributed by atoms with Crippen molar-refractivity contribution in [2.24, 2.45) is 0 Å². The van der Waals surface area contributed by atoms with Crippen LogP contribution in [-0.4, -0.2) is 45.1 Å². The van der Waals surface area contributed by atoms with Crippen molar-refractivity contribution >= 4 is 21.7 Å². The molecule has 0 aromatic heterocycles. The number of rotatable bonds is 6. The van der Waals surface area contributed by atoms with Gasteiger partial charge >= 0.3 is 5.97 Å². The Kier molecular flexibility index (Phi) is 6.37. The van der Waals surface area contributed by atoms with Crippen molar-refractivity contribution in [3.05, 3.63) is 70.8 Å². The minimum atomic E-state index is -3.14. The molecular weight excluding hydrogens is 390 g/mol. The van der Waals surface area contributed by atoms with Gasteiger partial charge in [-0.25, -0.2) is 13.2 Å². The van der Waals surface area contributed by atoms with Crippen LogP contribution in [0, 0.1) is 0 Å². The van der Waals surface area contributed by atoms with Gasteiger partial charge in [-0.05, 0) is 48.1 Å². The van der Waals surface area contributed by atoms with Gasteiger partial charge in [0, 0.05) is 13.3 Å². The van der Waals surface area contributed by atoms with Gasteiger partial charge in [-0.3, -0.25) is 4.79 Å². The number of nitrogens with zero attached hydrogens (tertiary/aromatic N) is 1. The minimum absolute atomic E-state index is 0.0126. The van der Waals surface area contributed by atoms with Crippen LogP contribution in [0.5, 0.6) is 0 Å². The Morgan fingerprint density at radius 3 is 2.48 bits per heavy atom. The first-order valence-corrected chi connectivity index (χ1v) is 11.6. The number of aryl methyl sites for hydroxylation is 1. The van der Waals surface area contributed by atoms with E-state index in [4.69, 9.17) is 4.74 Å². The van der Waals surface area contributed by atoms with E-state index in [0.29, 0.717) is 5.56 Å². The summed E-state index contributed by atoms with van der Waals surface area (Å²) >= 11 is 0. The zero-order valence-electron chi connectivity index (χ0n) is 16.6. The van der Waals surface area contributed by atoms with E-state index in [0.717, 1.165) is 31.1 Å². The van der Waals surface area contributed by atoms with E-state index in [-0.39, 0.29) is 29.9 Å². The van der Waals surface area contributed by atoms with E-state index in [9.17, 15) is 18.0 Å². The van der Waals surface area contributed by atoms with Gasteiger partial charge in [-0.1, -0.05) is 36.4 Å². The molecule has 6 nitrogen and oxygen atoms in total. The van der Waals surface area contributed by atoms with Crippen LogP contribution in [-0.2, 0) is 31.5 Å². The van der Waals surface area contributed by atoms with E-state index in [2.05, 4.69) is 6.07 Å². The average Bonchev–Trinajstić information content (AvgIpc) is 2.70. The Labute approximate surface area is 171 Å². The van der Waals surface area contributed by atoms with Crippen LogP contribution >= 0.6 is 0 Å². The number of sulfone groups is 1. The van der Waals surface area contributed by atoms with Crippen LogP contribution in [0.4, 0.5) is 0 Å². The summed E-state index contributed by atoms with van der Waals surface area (Å²) in [6.45, 7) is -0.334. The highest BCUT2D eigenvalue weighted by atomic mass is 32.2. The standard InChI is InChI=1S/C22H25NO5S/c1-23(20-9-5-7-17-6-3-4-8-19(17)20)21(24)14-28-22(25)18-12-10-16(11-13-18)15-29(2,26)27/h3-4,6,8,10-13,20H,5,7,9,14-15H2,1-2H3/t20-/m1/s1. The molecule has 1 amide bonds. The Balaban J connectivity index is 1.58. The Morgan fingerprint density at radius 1 is 1.10 bits per heavy atom. The molecule has 0 fully saturated rings. The molecule has 1 atom stereocenters. The molecule has 0 bridgehead atoms. The molecule has 3 rings (SSSR count). The zero-order valence-corrected chi connectivity index (χ0v) is 17.4. The van der Waals surface area contributed by atoms with Crippen LogP contribution in [0.3, 0.4) is 0 Å². The van der Waals surface area contributed by atoms with Crippen molar-refractivity contribution in [1.29, 1.82) is 0 Å². The van der Waals surface area contributed by atoms with Gasteiger partial charge in [-0.15, -0.1) is 0 Å². The van der Waals surface area contributed by atoms with Gasteiger partial charge < -0.3 is 9.64 Å². The number of likely N-dealkylation sites (N-methyl/N-ethyl adjacent to an activating group) is 1. The fraction of sp³-hybridized carbons (Fsp3) is 0.364. The normalized spacial score (nSPS) is 16.0. The molecule has 29 heavy (non-hydrogen) atoms. The van der Waals surface area contributed by atoms with Gasteiger partial charge in [-0.2, -0.15) is 0 Å². The SMILES string of the molecule is CN(C(=O)COC(=O)c1ccc(CS(C)(=O)=O)cc1)[C@@H]1CCCc2ccccc21. The molecule has 0 radical (unpaired) electrons. The molecule has 1 aliphatic rings. The first-order valence-electron chi connectivity index (χ1n) is 9.52. The second-order valence-electron chi connectivity index (χ2n) is 7.45. The summed E-state index contributed by atoms with van der Waals surface area (Å²) in [5.41, 5.74) is 3.29. The van der Waals surface area contributed by atoms with Gasteiger partial charge in [0.2, 0.25) is 0 Å². The van der Waals surface area contributed by atoms with Crippen molar-refractivity contribution < 1.29 is 22.7 Å². The van der Waals surface area contributed by atoms with Crippen LogP contribution < -0.4 is 0 Å². The third-order valence-corrected chi connectivity index (χ3v) is 6.00. The summed E-state index contributed by atoms with van der Waals surface area (Å²) in [5, 5.41) is 0. The quantitative estimate of drug-likeness (QED) is 0.678. The molecule has 7 heteroatoms. The lowest BCUT2D eigenvalue weighted by Gasteiger charge is -2.33. The third-order valence-electron chi connectivity index (χ3n) is 5.14. The highest BCUT2D eigenvalue weighted by molar-refractivity contribution is 7.89. The van der Waals surface area contributed by atoms with Crippen molar-refractivity contribution in [3.63, 3.8) is 0 Å². The number of hydrogen-bond acceptors (Lipinski definition) is 5. The summed E-state index contributed by atoms with van der Waals surface area (Å²) in [6, 6.07) is 14.3. The number of benzene rings is 2. The van der Waals surface area contributed by atoms with Crippen LogP contribution in [0.1, 0.15) is 45.9 Å². The van der Waals surface area contributed by atoms with Crippen molar-refractivity contribution in [2.45, 2.75) is 31.1 Å². The van der Waals surface area contributed by atoms with Crippen molar-refractivity contribution in [3.8, 4) is 0 Å². The summed E-state index contributed by atoms with van der Waals surface area (Å²) < 4.78 is 27.9. The van der Waals surface area contributed by atoms with E-state index >= 15 is 0 Å². The largest absolute Gasteiger partial charge is 0.452 e. The summed E-state index contributed by atoms with van der Waals surface area (Å²) in [7, 11) is -1.40. The lowest BCUT2D eigenvalue weighted by Crippen LogP contribution is -2.36. The van der Waals surface area contributed by atoms with E-state index < -0.39 is 15.8 Å². The van der Waals surface area contributed by atoms with Crippen molar-refractivity contribution in [1.82, 2.24) is 4.90 Å². The number of esters is 1. The molecule has 0 saturated carbocycles. The molecule has 0 unspecified atom stereocenters. The molecule has 0 aliphatic heterocycles. The minimum Gasteiger partial charge on any atom is -0.452 e. The van der Waals surface area contributed by atoms with Gasteiger partial charge in [0.25, 0.3) is 5.91 Å². The molecular formula is C22H25NO5S. The second-order valence-corrected chi connectivity index (χ2v) is 9.59. The maximum atomic E-state index is 12.6. The van der Waals surface area contributed by atoms with Gasteiger partial charge in [0.1, 0.15) is 0 Å². The van der Waals surface area contributed by atoms with Crippen molar-refractivity contribution in [2.75, 3.05) is 19.9 Å². The summed E-state index contributed by atoms with van der Waals surface area (Å²) in [6.07, 6.45) is 4.06. The Morgan fingerprint density at radius 2 is 1.79 bits per heavy atom. The second kappa shape index (κ2) is 8.78. The van der Waals surface area contributed by atoms with Gasteiger partial charge in [0.15, 0.2) is 16.4 Å². The molecule has 0 saturated heterocycles. The maximum absolute atomic E-state index is 12.6. The predicted molar refractivity (Wildman–Crippen MR) is 110 cm³/mol. The molecule has 2 aromatic rings. The topological polar surface area (TPSA) is 80.8 Å². The number of amides is 1. The smallest absolute Gasteiger partial charge is 0.338 e. The molecule has 1 aliphatic carbocycles. The van der Waals surface area contributed by atoms with E-state index in [1.54, 1.807) is 24.1 Å². The fourth-order valence-corrected chi connectivity index (χ4v) is 4.45. The summed E-state index contributed by atoms with van der Waals surface area (Å²) in [5.74, 6) is -0.954. The number of carbonyl (C=O) groups excluding carboxylic acids is 2. The average molecular weight is 416 g/mol. The summed E-state index contributed by atoms with van der Waals surface area (Å²) in [4.78, 5) is 26.5.